The predicted molar refractivity (Wildman–Crippen MR) is 75.9 cm³/mol. The minimum atomic E-state index is 0.244. The highest BCUT2D eigenvalue weighted by Gasteiger charge is 2.24. The second-order valence-corrected chi connectivity index (χ2v) is 5.11. The third kappa shape index (κ3) is 3.82. The first kappa shape index (κ1) is 13.6. The molecule has 0 N–H and O–H groups in total. The summed E-state index contributed by atoms with van der Waals surface area (Å²) in [6.45, 7) is 1.06. The fourth-order valence-electron chi connectivity index (χ4n) is 2.69. The van der Waals surface area contributed by atoms with Crippen LogP contribution in [0.3, 0.4) is 0 Å². The van der Waals surface area contributed by atoms with Crippen molar-refractivity contribution in [1.29, 1.82) is 5.26 Å². The smallest absolute Gasteiger partial charge is 0.155 e. The summed E-state index contributed by atoms with van der Waals surface area (Å²) in [6.07, 6.45) is 4.89. The first-order chi connectivity index (χ1) is 9.31. The lowest BCUT2D eigenvalue weighted by Crippen LogP contribution is -2.33. The van der Waals surface area contributed by atoms with Gasteiger partial charge < -0.3 is 4.90 Å². The Hall–Kier alpha value is -1.82. The number of rotatable bonds is 6. The topological polar surface area (TPSA) is 44.1 Å². The molecule has 0 saturated heterocycles. The minimum Gasteiger partial charge on any atom is -0.363 e. The molecule has 100 valence electrons. The van der Waals surface area contributed by atoms with Gasteiger partial charge in [0.1, 0.15) is 0 Å². The zero-order valence-electron chi connectivity index (χ0n) is 11.2. The molecule has 0 heterocycles. The first-order valence-corrected chi connectivity index (χ1v) is 7.01. The fourth-order valence-corrected chi connectivity index (χ4v) is 2.69. The van der Waals surface area contributed by atoms with Gasteiger partial charge in [-0.2, -0.15) is 5.26 Å². The standard InChI is InChI=1S/C16H20N2O/c17-11-6-12-18(15-9-2-1-3-10-15)13-16(19)14-7-4-5-8-14/h1-3,9-10,14H,4-8,12-13H2. The van der Waals surface area contributed by atoms with Crippen LogP contribution in [0.1, 0.15) is 32.1 Å². The van der Waals surface area contributed by atoms with Crippen LogP contribution in [0.15, 0.2) is 30.3 Å². The average Bonchev–Trinajstić information content (AvgIpc) is 2.98. The van der Waals surface area contributed by atoms with Gasteiger partial charge in [0.05, 0.1) is 19.0 Å². The summed E-state index contributed by atoms with van der Waals surface area (Å²) in [5.41, 5.74) is 1.03. The van der Waals surface area contributed by atoms with Crippen LogP contribution in [0.25, 0.3) is 0 Å². The van der Waals surface area contributed by atoms with Gasteiger partial charge in [0, 0.05) is 18.2 Å². The maximum absolute atomic E-state index is 12.3. The summed E-state index contributed by atoms with van der Waals surface area (Å²) in [5, 5.41) is 8.75. The Morgan fingerprint density at radius 1 is 1.26 bits per heavy atom. The molecule has 3 nitrogen and oxygen atoms in total. The molecule has 0 atom stereocenters. The Bertz CT molecular complexity index is 444. The number of nitrogens with zero attached hydrogens (tertiary/aromatic N) is 2. The maximum Gasteiger partial charge on any atom is 0.155 e. The molecule has 1 aromatic rings. The van der Waals surface area contributed by atoms with Gasteiger partial charge in [-0.1, -0.05) is 31.0 Å². The molecule has 0 aliphatic heterocycles. The van der Waals surface area contributed by atoms with Crippen molar-refractivity contribution in [2.45, 2.75) is 32.1 Å². The van der Waals surface area contributed by atoms with Crippen molar-refractivity contribution in [3.8, 4) is 6.07 Å². The molecule has 3 heteroatoms. The number of ketones is 1. The molecule has 1 fully saturated rings. The highest BCUT2D eigenvalue weighted by atomic mass is 16.1. The third-order valence-corrected chi connectivity index (χ3v) is 3.77. The largest absolute Gasteiger partial charge is 0.363 e. The Balaban J connectivity index is 2.01. The number of hydrogen-bond acceptors (Lipinski definition) is 3. The predicted octanol–water partition coefficient (Wildman–Crippen LogP) is 3.17. The Morgan fingerprint density at radius 3 is 2.58 bits per heavy atom. The van der Waals surface area contributed by atoms with Crippen LogP contribution < -0.4 is 4.90 Å². The normalized spacial score (nSPS) is 15.1. The molecule has 0 spiro atoms. The van der Waals surface area contributed by atoms with Crippen molar-refractivity contribution < 1.29 is 4.79 Å². The molecular weight excluding hydrogens is 236 g/mol. The lowest BCUT2D eigenvalue weighted by molar-refractivity contribution is -0.121. The Morgan fingerprint density at radius 2 is 1.95 bits per heavy atom. The first-order valence-electron chi connectivity index (χ1n) is 7.01. The van der Waals surface area contributed by atoms with Gasteiger partial charge in [0.25, 0.3) is 0 Å². The molecule has 1 aliphatic rings. The number of Topliss-reactive ketones (excluding diaryl/α,β-unsaturated/α-hetero) is 1. The lowest BCUT2D eigenvalue weighted by atomic mass is 10.0. The number of para-hydroxylation sites is 1. The van der Waals surface area contributed by atoms with Gasteiger partial charge in [0.2, 0.25) is 0 Å². The van der Waals surface area contributed by atoms with Crippen LogP contribution in [0.2, 0.25) is 0 Å². The molecular formula is C16H20N2O. The van der Waals surface area contributed by atoms with Gasteiger partial charge in [-0.25, -0.2) is 0 Å². The van der Waals surface area contributed by atoms with E-state index in [4.69, 9.17) is 5.26 Å². The van der Waals surface area contributed by atoms with Crippen LogP contribution >= 0.6 is 0 Å². The van der Waals surface area contributed by atoms with Crippen LogP contribution in [-0.4, -0.2) is 18.9 Å². The quantitative estimate of drug-likeness (QED) is 0.785. The van der Waals surface area contributed by atoms with Crippen molar-refractivity contribution in [1.82, 2.24) is 0 Å². The summed E-state index contributed by atoms with van der Waals surface area (Å²) in [5.74, 6) is 0.576. The molecule has 1 aliphatic carbocycles. The van der Waals surface area contributed by atoms with Crippen molar-refractivity contribution in [3.05, 3.63) is 30.3 Å². The van der Waals surface area contributed by atoms with Crippen LogP contribution in [-0.2, 0) is 4.79 Å². The summed E-state index contributed by atoms with van der Waals surface area (Å²) < 4.78 is 0. The van der Waals surface area contributed by atoms with Gasteiger partial charge >= 0.3 is 0 Å². The van der Waals surface area contributed by atoms with E-state index in [0.717, 1.165) is 18.5 Å². The zero-order valence-corrected chi connectivity index (χ0v) is 11.2. The van der Waals surface area contributed by atoms with Crippen LogP contribution in [0, 0.1) is 17.2 Å². The Labute approximate surface area is 114 Å². The van der Waals surface area contributed by atoms with Gasteiger partial charge in [-0.15, -0.1) is 0 Å². The number of nitriles is 1. The van der Waals surface area contributed by atoms with E-state index in [2.05, 4.69) is 6.07 Å². The van der Waals surface area contributed by atoms with Crippen LogP contribution in [0.4, 0.5) is 5.69 Å². The number of hydrogen-bond donors (Lipinski definition) is 0. The molecule has 1 aromatic carbocycles. The second-order valence-electron chi connectivity index (χ2n) is 5.11. The van der Waals surface area contributed by atoms with Crippen LogP contribution in [0.5, 0.6) is 0 Å². The monoisotopic (exact) mass is 256 g/mol. The SMILES string of the molecule is N#CCCN(CC(=O)C1CCCC1)c1ccccc1. The summed E-state index contributed by atoms with van der Waals surface area (Å²) >= 11 is 0. The number of carbonyl (C=O) groups is 1. The molecule has 0 unspecified atom stereocenters. The number of benzene rings is 1. The maximum atomic E-state index is 12.3. The summed E-state index contributed by atoms with van der Waals surface area (Å²) in [4.78, 5) is 14.3. The van der Waals surface area contributed by atoms with Crippen molar-refractivity contribution in [3.63, 3.8) is 0 Å². The van der Waals surface area contributed by atoms with E-state index < -0.39 is 0 Å². The Kier molecular flexibility index (Phi) is 4.97. The molecule has 0 radical (unpaired) electrons. The minimum absolute atomic E-state index is 0.244. The summed E-state index contributed by atoms with van der Waals surface area (Å²) in [6, 6.07) is 12.1. The molecule has 19 heavy (non-hydrogen) atoms. The van der Waals surface area contributed by atoms with E-state index in [0.29, 0.717) is 25.3 Å². The van der Waals surface area contributed by atoms with Crippen molar-refractivity contribution >= 4 is 11.5 Å². The molecule has 2 rings (SSSR count). The highest BCUT2D eigenvalue weighted by Crippen LogP contribution is 2.26. The number of anilines is 1. The molecule has 0 amide bonds. The highest BCUT2D eigenvalue weighted by molar-refractivity contribution is 5.85. The van der Waals surface area contributed by atoms with E-state index in [9.17, 15) is 4.79 Å². The van der Waals surface area contributed by atoms with E-state index in [-0.39, 0.29) is 5.92 Å². The number of carbonyl (C=O) groups excluding carboxylic acids is 1. The van der Waals surface area contributed by atoms with E-state index in [1.54, 1.807) is 0 Å². The molecule has 0 bridgehead atoms. The van der Waals surface area contributed by atoms with Crippen molar-refractivity contribution in [2.75, 3.05) is 18.0 Å². The summed E-state index contributed by atoms with van der Waals surface area (Å²) in [7, 11) is 0. The third-order valence-electron chi connectivity index (χ3n) is 3.77. The van der Waals surface area contributed by atoms with Gasteiger partial charge in [-0.3, -0.25) is 4.79 Å². The van der Waals surface area contributed by atoms with Crippen molar-refractivity contribution in [2.24, 2.45) is 5.92 Å². The van der Waals surface area contributed by atoms with Gasteiger partial charge in [0.15, 0.2) is 5.78 Å². The molecule has 1 saturated carbocycles. The van der Waals surface area contributed by atoms with E-state index >= 15 is 0 Å². The van der Waals surface area contributed by atoms with Gasteiger partial charge in [-0.05, 0) is 25.0 Å². The second kappa shape index (κ2) is 6.94. The lowest BCUT2D eigenvalue weighted by Gasteiger charge is -2.24. The van der Waals surface area contributed by atoms with E-state index in [1.165, 1.54) is 12.8 Å². The molecule has 0 aromatic heterocycles. The zero-order chi connectivity index (χ0) is 13.5. The average molecular weight is 256 g/mol. The van der Waals surface area contributed by atoms with E-state index in [1.807, 2.05) is 35.2 Å². The fraction of sp³-hybridized carbons (Fsp3) is 0.500.